The molecule has 2 aromatic rings. The van der Waals surface area contributed by atoms with Crippen molar-refractivity contribution in [3.63, 3.8) is 0 Å². The van der Waals surface area contributed by atoms with E-state index in [0.29, 0.717) is 5.58 Å². The average Bonchev–Trinajstić information content (AvgIpc) is 2.58. The Labute approximate surface area is 91.2 Å². The second kappa shape index (κ2) is 3.50. The summed E-state index contributed by atoms with van der Waals surface area (Å²) in [5, 5.41) is 4.64. The maximum Gasteiger partial charge on any atom is 0.261 e. The number of aryl methyl sites for hydroxylation is 1. The van der Waals surface area contributed by atoms with Crippen LogP contribution in [0.15, 0.2) is 27.6 Å². The number of hydrogen-bond acceptors (Lipinski definition) is 4. The first-order valence-corrected chi connectivity index (χ1v) is 6.66. The smallest absolute Gasteiger partial charge is 0.261 e. The summed E-state index contributed by atoms with van der Waals surface area (Å²) in [6.45, 7) is 1.95. The summed E-state index contributed by atoms with van der Waals surface area (Å²) in [6, 6.07) is 4.48. The predicted octanol–water partition coefficient (Wildman–Crippen LogP) is 2.32. The van der Waals surface area contributed by atoms with Gasteiger partial charge in [0.25, 0.3) is 9.05 Å². The molecule has 15 heavy (non-hydrogen) atoms. The molecule has 2 rings (SSSR count). The predicted molar refractivity (Wildman–Crippen MR) is 56.4 cm³/mol. The van der Waals surface area contributed by atoms with Crippen LogP contribution in [0.25, 0.3) is 11.0 Å². The lowest BCUT2D eigenvalue weighted by molar-refractivity contribution is 0.446. The molecular formula is C9H8ClNO3S. The number of halogens is 1. The Morgan fingerprint density at radius 2 is 2.20 bits per heavy atom. The molecule has 1 aromatic carbocycles. The van der Waals surface area contributed by atoms with E-state index in [0.717, 1.165) is 17.5 Å². The molecular weight excluding hydrogens is 238 g/mol. The zero-order chi connectivity index (χ0) is 11.1. The summed E-state index contributed by atoms with van der Waals surface area (Å²) in [7, 11) is 1.50. The quantitative estimate of drug-likeness (QED) is 0.762. The Morgan fingerprint density at radius 1 is 1.47 bits per heavy atom. The molecule has 0 unspecified atom stereocenters. The highest BCUT2D eigenvalue weighted by Crippen LogP contribution is 2.24. The summed E-state index contributed by atoms with van der Waals surface area (Å²) < 4.78 is 27.1. The van der Waals surface area contributed by atoms with Gasteiger partial charge in [0.2, 0.25) is 0 Å². The SMILES string of the molecule is CCc1noc2cc(S(=O)(=O)Cl)ccc12. The largest absolute Gasteiger partial charge is 0.356 e. The molecule has 1 heterocycles. The van der Waals surface area contributed by atoms with Gasteiger partial charge in [-0.2, -0.15) is 0 Å². The van der Waals surface area contributed by atoms with Gasteiger partial charge in [0.15, 0.2) is 5.58 Å². The second-order valence-corrected chi connectivity index (χ2v) is 5.64. The Bertz CT molecular complexity index is 603. The molecule has 0 radical (unpaired) electrons. The molecule has 1 aromatic heterocycles. The van der Waals surface area contributed by atoms with Crippen molar-refractivity contribution in [2.24, 2.45) is 0 Å². The number of fused-ring (bicyclic) bond motifs is 1. The molecule has 0 saturated heterocycles. The molecule has 0 aliphatic rings. The first-order valence-electron chi connectivity index (χ1n) is 4.35. The van der Waals surface area contributed by atoms with Gasteiger partial charge in [0.1, 0.15) is 0 Å². The summed E-state index contributed by atoms with van der Waals surface area (Å²) in [5.74, 6) is 0. The van der Waals surface area contributed by atoms with Crippen LogP contribution >= 0.6 is 10.7 Å². The van der Waals surface area contributed by atoms with Crippen LogP contribution < -0.4 is 0 Å². The minimum absolute atomic E-state index is 0.0236. The van der Waals surface area contributed by atoms with E-state index in [1.807, 2.05) is 6.92 Å². The first-order chi connectivity index (χ1) is 7.02. The molecule has 4 nitrogen and oxygen atoms in total. The van der Waals surface area contributed by atoms with Gasteiger partial charge < -0.3 is 4.52 Å². The molecule has 0 fully saturated rings. The lowest BCUT2D eigenvalue weighted by Gasteiger charge is -1.94. The number of aromatic nitrogens is 1. The third-order valence-electron chi connectivity index (χ3n) is 2.13. The molecule has 0 bridgehead atoms. The lowest BCUT2D eigenvalue weighted by Crippen LogP contribution is -1.89. The van der Waals surface area contributed by atoms with Crippen molar-refractivity contribution in [2.75, 3.05) is 0 Å². The van der Waals surface area contributed by atoms with E-state index in [4.69, 9.17) is 15.2 Å². The molecule has 0 N–H and O–H groups in total. The van der Waals surface area contributed by atoms with Crippen LogP contribution in [0.2, 0.25) is 0 Å². The zero-order valence-corrected chi connectivity index (χ0v) is 9.47. The van der Waals surface area contributed by atoms with Gasteiger partial charge in [0, 0.05) is 22.1 Å². The van der Waals surface area contributed by atoms with Crippen molar-refractivity contribution >= 4 is 30.7 Å². The Balaban J connectivity index is 2.69. The number of benzene rings is 1. The molecule has 80 valence electrons. The molecule has 0 aliphatic carbocycles. The summed E-state index contributed by atoms with van der Waals surface area (Å²) >= 11 is 0. The standard InChI is InChI=1S/C9H8ClNO3S/c1-2-8-7-4-3-6(15(10,12)13)5-9(7)14-11-8/h3-5H,2H2,1H3. The van der Waals surface area contributed by atoms with Crippen LogP contribution in [-0.2, 0) is 15.5 Å². The van der Waals surface area contributed by atoms with Gasteiger partial charge in [-0.3, -0.25) is 0 Å². The fourth-order valence-electron chi connectivity index (χ4n) is 1.38. The Hall–Kier alpha value is -1.07. The van der Waals surface area contributed by atoms with E-state index in [2.05, 4.69) is 5.16 Å². The minimum atomic E-state index is -3.71. The minimum Gasteiger partial charge on any atom is -0.356 e. The number of nitrogens with zero attached hydrogens (tertiary/aromatic N) is 1. The van der Waals surface area contributed by atoms with E-state index in [1.54, 1.807) is 6.07 Å². The normalized spacial score (nSPS) is 12.1. The summed E-state index contributed by atoms with van der Waals surface area (Å²) in [6.07, 6.45) is 0.736. The van der Waals surface area contributed by atoms with Gasteiger partial charge in [0.05, 0.1) is 10.6 Å². The van der Waals surface area contributed by atoms with Gasteiger partial charge >= 0.3 is 0 Å². The monoisotopic (exact) mass is 245 g/mol. The topological polar surface area (TPSA) is 60.2 Å². The highest BCUT2D eigenvalue weighted by Gasteiger charge is 2.13. The van der Waals surface area contributed by atoms with Crippen LogP contribution in [0.3, 0.4) is 0 Å². The molecule has 0 aliphatic heterocycles. The van der Waals surface area contributed by atoms with Crippen LogP contribution in [0, 0.1) is 0 Å². The van der Waals surface area contributed by atoms with E-state index in [9.17, 15) is 8.42 Å². The second-order valence-electron chi connectivity index (χ2n) is 3.08. The van der Waals surface area contributed by atoms with Crippen molar-refractivity contribution in [1.82, 2.24) is 5.16 Å². The maximum atomic E-state index is 11.1. The maximum absolute atomic E-state index is 11.1. The average molecular weight is 246 g/mol. The fourth-order valence-corrected chi connectivity index (χ4v) is 2.14. The van der Waals surface area contributed by atoms with Crippen LogP contribution in [-0.4, -0.2) is 13.6 Å². The Morgan fingerprint density at radius 3 is 2.80 bits per heavy atom. The van der Waals surface area contributed by atoms with Gasteiger partial charge in [-0.05, 0) is 18.6 Å². The summed E-state index contributed by atoms with van der Waals surface area (Å²) in [4.78, 5) is 0.0236. The highest BCUT2D eigenvalue weighted by molar-refractivity contribution is 8.13. The van der Waals surface area contributed by atoms with E-state index >= 15 is 0 Å². The first kappa shape index (κ1) is 10.4. The van der Waals surface area contributed by atoms with E-state index < -0.39 is 9.05 Å². The van der Waals surface area contributed by atoms with Crippen LogP contribution in [0.5, 0.6) is 0 Å². The van der Waals surface area contributed by atoms with Gasteiger partial charge in [-0.25, -0.2) is 8.42 Å². The molecule has 0 atom stereocenters. The van der Waals surface area contributed by atoms with Crippen molar-refractivity contribution < 1.29 is 12.9 Å². The van der Waals surface area contributed by atoms with Crippen molar-refractivity contribution in [2.45, 2.75) is 18.2 Å². The number of rotatable bonds is 2. The third-order valence-corrected chi connectivity index (χ3v) is 3.49. The molecule has 0 amide bonds. The zero-order valence-electron chi connectivity index (χ0n) is 7.90. The van der Waals surface area contributed by atoms with Crippen molar-refractivity contribution in [3.8, 4) is 0 Å². The van der Waals surface area contributed by atoms with Crippen molar-refractivity contribution in [3.05, 3.63) is 23.9 Å². The van der Waals surface area contributed by atoms with Crippen molar-refractivity contribution in [1.29, 1.82) is 0 Å². The van der Waals surface area contributed by atoms with E-state index in [-0.39, 0.29) is 4.90 Å². The molecule has 0 saturated carbocycles. The van der Waals surface area contributed by atoms with Crippen LogP contribution in [0.4, 0.5) is 0 Å². The van der Waals surface area contributed by atoms with Gasteiger partial charge in [-0.1, -0.05) is 12.1 Å². The highest BCUT2D eigenvalue weighted by atomic mass is 35.7. The fraction of sp³-hybridized carbons (Fsp3) is 0.222. The van der Waals surface area contributed by atoms with Crippen LogP contribution in [0.1, 0.15) is 12.6 Å². The Kier molecular flexibility index (Phi) is 2.44. The number of hydrogen-bond donors (Lipinski definition) is 0. The molecule has 6 heteroatoms. The van der Waals surface area contributed by atoms with Gasteiger partial charge in [-0.15, -0.1) is 0 Å². The van der Waals surface area contributed by atoms with E-state index in [1.165, 1.54) is 12.1 Å². The lowest BCUT2D eigenvalue weighted by atomic mass is 10.2. The third kappa shape index (κ3) is 1.85. The summed E-state index contributed by atoms with van der Waals surface area (Å²) in [5.41, 5.74) is 1.25. The molecule has 0 spiro atoms.